The molecule has 1 rings (SSSR count). The van der Waals surface area contributed by atoms with E-state index in [0.29, 0.717) is 12.1 Å². The molecule has 19 heavy (non-hydrogen) atoms. The molecule has 1 aliphatic carbocycles. The predicted molar refractivity (Wildman–Crippen MR) is 78.5 cm³/mol. The van der Waals surface area contributed by atoms with Gasteiger partial charge in [-0.2, -0.15) is 0 Å². The van der Waals surface area contributed by atoms with Crippen molar-refractivity contribution in [2.45, 2.75) is 44.8 Å². The summed E-state index contributed by atoms with van der Waals surface area (Å²) in [4.78, 5) is 0. The Hall–Kier alpha value is -1.37. The fraction of sp³-hybridized carbons (Fsp3) is 0.562. The Morgan fingerprint density at radius 3 is 2.79 bits per heavy atom. The van der Waals surface area contributed by atoms with Gasteiger partial charge in [0, 0.05) is 32.6 Å². The maximum absolute atomic E-state index is 7.75. The first kappa shape index (κ1) is 15.7. The van der Waals surface area contributed by atoms with Crippen LogP contribution in [0.25, 0.3) is 0 Å². The van der Waals surface area contributed by atoms with E-state index >= 15 is 0 Å². The van der Waals surface area contributed by atoms with E-state index in [9.17, 15) is 0 Å². The molecular formula is C16H23NO2. The summed E-state index contributed by atoms with van der Waals surface area (Å²) in [6.07, 6.45) is 5.56. The van der Waals surface area contributed by atoms with Crippen LogP contribution in [0.2, 0.25) is 0 Å². The van der Waals surface area contributed by atoms with Crippen molar-refractivity contribution >= 4 is 5.71 Å². The standard InChI is InChI=1S/C16H23NO2/c1-12(2)9-14(17)7-5-13-6-8-15(18-3)11-16(10-13)19-4/h10,15-17H,1,6,8-9,11H2,2-4H3. The molecular weight excluding hydrogens is 238 g/mol. The Morgan fingerprint density at radius 2 is 2.21 bits per heavy atom. The van der Waals surface area contributed by atoms with Gasteiger partial charge in [-0.15, -0.1) is 0 Å². The van der Waals surface area contributed by atoms with E-state index in [1.54, 1.807) is 14.2 Å². The Morgan fingerprint density at radius 1 is 1.47 bits per heavy atom. The first-order valence-corrected chi connectivity index (χ1v) is 6.55. The summed E-state index contributed by atoms with van der Waals surface area (Å²) in [5.74, 6) is 5.98. The SMILES string of the molecule is C=C(C)CC(=N)C#CC1=CC(OC)CC(OC)CC1. The maximum atomic E-state index is 7.75. The van der Waals surface area contributed by atoms with Gasteiger partial charge in [0.05, 0.1) is 17.9 Å². The van der Waals surface area contributed by atoms with Gasteiger partial charge < -0.3 is 9.47 Å². The molecule has 1 aliphatic rings. The van der Waals surface area contributed by atoms with Crippen LogP contribution in [-0.4, -0.2) is 32.1 Å². The van der Waals surface area contributed by atoms with Gasteiger partial charge in [0.1, 0.15) is 0 Å². The second-order valence-corrected chi connectivity index (χ2v) is 4.96. The molecule has 3 nitrogen and oxygen atoms in total. The predicted octanol–water partition coefficient (Wildman–Crippen LogP) is 3.12. The minimum atomic E-state index is 0.0482. The van der Waals surface area contributed by atoms with Gasteiger partial charge in [-0.1, -0.05) is 18.1 Å². The van der Waals surface area contributed by atoms with Gasteiger partial charge in [0.25, 0.3) is 0 Å². The van der Waals surface area contributed by atoms with Crippen molar-refractivity contribution in [3.63, 3.8) is 0 Å². The molecule has 0 radical (unpaired) electrons. The summed E-state index contributed by atoms with van der Waals surface area (Å²) in [7, 11) is 3.43. The van der Waals surface area contributed by atoms with Crippen molar-refractivity contribution in [3.8, 4) is 11.8 Å². The van der Waals surface area contributed by atoms with Crippen molar-refractivity contribution in [1.82, 2.24) is 0 Å². The minimum absolute atomic E-state index is 0.0482. The molecule has 0 aromatic rings. The first-order chi connectivity index (χ1) is 9.05. The summed E-state index contributed by atoms with van der Waals surface area (Å²) >= 11 is 0. The molecule has 0 bridgehead atoms. The third kappa shape index (κ3) is 5.87. The number of allylic oxidation sites excluding steroid dienone is 2. The Labute approximate surface area is 116 Å². The van der Waals surface area contributed by atoms with E-state index in [1.165, 1.54) is 0 Å². The average Bonchev–Trinajstić information content (AvgIpc) is 2.57. The van der Waals surface area contributed by atoms with Crippen LogP contribution in [0.1, 0.15) is 32.6 Å². The Bertz CT molecular complexity index is 426. The fourth-order valence-corrected chi connectivity index (χ4v) is 2.05. The number of hydrogen-bond donors (Lipinski definition) is 1. The summed E-state index contributed by atoms with van der Waals surface area (Å²) in [5, 5.41) is 7.75. The van der Waals surface area contributed by atoms with E-state index in [1.807, 2.05) is 6.92 Å². The van der Waals surface area contributed by atoms with E-state index in [-0.39, 0.29) is 12.2 Å². The molecule has 0 saturated carbocycles. The summed E-state index contributed by atoms with van der Waals surface area (Å²) in [6, 6.07) is 0. The zero-order valence-electron chi connectivity index (χ0n) is 12.1. The monoisotopic (exact) mass is 261 g/mol. The van der Waals surface area contributed by atoms with Crippen LogP contribution in [0.5, 0.6) is 0 Å². The lowest BCUT2D eigenvalue weighted by atomic mass is 10.1. The zero-order valence-corrected chi connectivity index (χ0v) is 12.1. The second-order valence-electron chi connectivity index (χ2n) is 4.96. The Balaban J connectivity index is 2.71. The molecule has 0 heterocycles. The van der Waals surface area contributed by atoms with Crippen molar-refractivity contribution in [2.24, 2.45) is 0 Å². The number of rotatable bonds is 4. The van der Waals surface area contributed by atoms with Crippen LogP contribution >= 0.6 is 0 Å². The fourth-order valence-electron chi connectivity index (χ4n) is 2.05. The topological polar surface area (TPSA) is 42.3 Å². The molecule has 0 aromatic heterocycles. The van der Waals surface area contributed by atoms with E-state index in [4.69, 9.17) is 14.9 Å². The second kappa shape index (κ2) is 7.93. The van der Waals surface area contributed by atoms with Crippen LogP contribution in [-0.2, 0) is 9.47 Å². The van der Waals surface area contributed by atoms with Crippen molar-refractivity contribution in [3.05, 3.63) is 23.8 Å². The Kier molecular flexibility index (Phi) is 6.55. The van der Waals surface area contributed by atoms with Gasteiger partial charge in [-0.05, 0) is 31.8 Å². The van der Waals surface area contributed by atoms with Crippen LogP contribution in [0, 0.1) is 17.3 Å². The highest BCUT2D eigenvalue weighted by Crippen LogP contribution is 2.21. The highest BCUT2D eigenvalue weighted by Gasteiger charge is 2.18. The minimum Gasteiger partial charge on any atom is -0.381 e. The lowest BCUT2D eigenvalue weighted by Crippen LogP contribution is -2.17. The summed E-state index contributed by atoms with van der Waals surface area (Å²) in [5.41, 5.74) is 2.41. The molecule has 0 spiro atoms. The number of ether oxygens (including phenoxy) is 2. The highest BCUT2D eigenvalue weighted by molar-refractivity contribution is 5.99. The maximum Gasteiger partial charge on any atom is 0.0853 e. The number of nitrogens with one attached hydrogen (secondary N) is 1. The van der Waals surface area contributed by atoms with Gasteiger partial charge in [-0.3, -0.25) is 5.41 Å². The molecule has 3 heteroatoms. The third-order valence-corrected chi connectivity index (χ3v) is 3.11. The first-order valence-electron chi connectivity index (χ1n) is 6.55. The quantitative estimate of drug-likeness (QED) is 0.480. The number of methoxy groups -OCH3 is 2. The smallest absolute Gasteiger partial charge is 0.0853 e. The molecule has 2 unspecified atom stereocenters. The molecule has 0 amide bonds. The highest BCUT2D eigenvalue weighted by atomic mass is 16.5. The molecule has 0 fully saturated rings. The third-order valence-electron chi connectivity index (χ3n) is 3.11. The molecule has 0 aliphatic heterocycles. The lowest BCUT2D eigenvalue weighted by molar-refractivity contribution is 0.0413. The van der Waals surface area contributed by atoms with Crippen LogP contribution in [0.15, 0.2) is 23.8 Å². The van der Waals surface area contributed by atoms with Crippen molar-refractivity contribution < 1.29 is 9.47 Å². The molecule has 0 saturated heterocycles. The lowest BCUT2D eigenvalue weighted by Gasteiger charge is -2.16. The van der Waals surface area contributed by atoms with E-state index < -0.39 is 0 Å². The largest absolute Gasteiger partial charge is 0.381 e. The van der Waals surface area contributed by atoms with Crippen LogP contribution in [0.4, 0.5) is 0 Å². The van der Waals surface area contributed by atoms with Crippen molar-refractivity contribution in [1.29, 1.82) is 5.41 Å². The summed E-state index contributed by atoms with van der Waals surface area (Å²) in [6.45, 7) is 5.70. The number of hydrogen-bond acceptors (Lipinski definition) is 3. The zero-order chi connectivity index (χ0) is 14.3. The molecule has 2 atom stereocenters. The van der Waals surface area contributed by atoms with Crippen molar-refractivity contribution in [2.75, 3.05) is 14.2 Å². The van der Waals surface area contributed by atoms with Crippen LogP contribution in [0.3, 0.4) is 0 Å². The van der Waals surface area contributed by atoms with Gasteiger partial charge in [-0.25, -0.2) is 0 Å². The van der Waals surface area contributed by atoms with Gasteiger partial charge in [0.2, 0.25) is 0 Å². The molecule has 104 valence electrons. The van der Waals surface area contributed by atoms with E-state index in [2.05, 4.69) is 24.5 Å². The summed E-state index contributed by atoms with van der Waals surface area (Å²) < 4.78 is 10.8. The molecule has 1 N–H and O–H groups in total. The van der Waals surface area contributed by atoms with Crippen LogP contribution < -0.4 is 0 Å². The normalized spacial score (nSPS) is 22.8. The average molecular weight is 261 g/mol. The molecule has 0 aromatic carbocycles. The van der Waals surface area contributed by atoms with E-state index in [0.717, 1.165) is 30.4 Å². The van der Waals surface area contributed by atoms with Gasteiger partial charge >= 0.3 is 0 Å². The van der Waals surface area contributed by atoms with Gasteiger partial charge in [0.15, 0.2) is 0 Å².